The summed E-state index contributed by atoms with van der Waals surface area (Å²) in [7, 11) is -4.60. The fourth-order valence-electron chi connectivity index (χ4n) is 3.17. The van der Waals surface area contributed by atoms with Gasteiger partial charge >= 0.3 is 5.69 Å². The van der Waals surface area contributed by atoms with Crippen LogP contribution in [0, 0.1) is 0 Å². The van der Waals surface area contributed by atoms with Crippen LogP contribution in [-0.2, 0) is 21.4 Å². The van der Waals surface area contributed by atoms with Crippen LogP contribution < -0.4 is 16.6 Å². The van der Waals surface area contributed by atoms with Gasteiger partial charge in [-0.3, -0.25) is 19.1 Å². The number of carbonyl (C=O) groups excluding carboxylic acids is 1. The zero-order valence-corrected chi connectivity index (χ0v) is 18.9. The van der Waals surface area contributed by atoms with Crippen LogP contribution in [0.15, 0.2) is 81.5 Å². The predicted octanol–water partition coefficient (Wildman–Crippen LogP) is 2.74. The molecule has 33 heavy (non-hydrogen) atoms. The molecule has 0 bridgehead atoms. The summed E-state index contributed by atoms with van der Waals surface area (Å²) in [4.78, 5) is 42.5. The SMILES string of the molecule is O=C(Cn1c(=O)n(S(=O)(=O)c2ccc(Cl)cc2)c(=O)c2ccc(Cl)cc21)Nc1ccncc1. The van der Waals surface area contributed by atoms with E-state index in [1.165, 1.54) is 54.9 Å². The quantitative estimate of drug-likeness (QED) is 0.446. The summed E-state index contributed by atoms with van der Waals surface area (Å²) in [5.74, 6) is -0.626. The number of aromatic nitrogens is 3. The van der Waals surface area contributed by atoms with Gasteiger partial charge in [-0.2, -0.15) is 0 Å². The number of pyridine rings is 1. The van der Waals surface area contributed by atoms with E-state index in [0.717, 1.165) is 4.57 Å². The molecule has 1 N–H and O–H groups in total. The fraction of sp³-hybridized carbons (Fsp3) is 0.0476. The van der Waals surface area contributed by atoms with Crippen LogP contribution in [0.1, 0.15) is 0 Å². The second-order valence-electron chi connectivity index (χ2n) is 6.84. The molecule has 0 aliphatic heterocycles. The van der Waals surface area contributed by atoms with Crippen molar-refractivity contribution >= 4 is 55.7 Å². The Bertz CT molecular complexity index is 1600. The lowest BCUT2D eigenvalue weighted by Gasteiger charge is -2.15. The van der Waals surface area contributed by atoms with Crippen molar-refractivity contribution in [1.82, 2.24) is 13.5 Å². The van der Waals surface area contributed by atoms with Crippen molar-refractivity contribution in [3.05, 3.63) is 97.9 Å². The van der Waals surface area contributed by atoms with E-state index in [9.17, 15) is 22.8 Å². The van der Waals surface area contributed by atoms with Gasteiger partial charge in [-0.15, -0.1) is 3.97 Å². The molecule has 9 nitrogen and oxygen atoms in total. The molecule has 4 aromatic rings. The summed E-state index contributed by atoms with van der Waals surface area (Å²) in [6.45, 7) is -0.575. The van der Waals surface area contributed by atoms with Crippen molar-refractivity contribution in [2.75, 3.05) is 5.32 Å². The van der Waals surface area contributed by atoms with Crippen molar-refractivity contribution in [3.8, 4) is 0 Å². The number of rotatable bonds is 5. The molecular weight excluding hydrogens is 491 g/mol. The molecule has 0 spiro atoms. The highest BCUT2D eigenvalue weighted by Crippen LogP contribution is 2.19. The maximum absolute atomic E-state index is 13.3. The Morgan fingerprint density at radius 1 is 0.939 bits per heavy atom. The highest BCUT2D eigenvalue weighted by atomic mass is 35.5. The molecular formula is C21H14Cl2N4O5S. The van der Waals surface area contributed by atoms with Crippen LogP contribution in [0.3, 0.4) is 0 Å². The predicted molar refractivity (Wildman–Crippen MR) is 124 cm³/mol. The maximum Gasteiger partial charge on any atom is 0.346 e. The molecule has 0 aliphatic rings. The molecule has 0 fully saturated rings. The summed E-state index contributed by atoms with van der Waals surface area (Å²) in [6.07, 6.45) is 2.94. The Hall–Kier alpha value is -3.47. The zero-order valence-electron chi connectivity index (χ0n) is 16.6. The van der Waals surface area contributed by atoms with Crippen molar-refractivity contribution in [2.45, 2.75) is 11.4 Å². The molecule has 0 atom stereocenters. The number of benzene rings is 2. The number of amides is 1. The number of carbonyl (C=O) groups is 1. The van der Waals surface area contributed by atoms with Gasteiger partial charge < -0.3 is 5.32 Å². The molecule has 0 aliphatic carbocycles. The second kappa shape index (κ2) is 8.81. The van der Waals surface area contributed by atoms with Gasteiger partial charge in [0, 0.05) is 28.1 Å². The maximum atomic E-state index is 13.3. The third-order valence-electron chi connectivity index (χ3n) is 4.69. The van der Waals surface area contributed by atoms with E-state index in [0.29, 0.717) is 5.69 Å². The van der Waals surface area contributed by atoms with Crippen molar-refractivity contribution < 1.29 is 13.2 Å². The van der Waals surface area contributed by atoms with Gasteiger partial charge in [0.25, 0.3) is 15.6 Å². The van der Waals surface area contributed by atoms with Gasteiger partial charge in [-0.05, 0) is 54.6 Å². The Kier molecular flexibility index (Phi) is 6.07. The molecule has 12 heteroatoms. The topological polar surface area (TPSA) is 120 Å². The fourth-order valence-corrected chi connectivity index (χ4v) is 4.78. The van der Waals surface area contributed by atoms with E-state index in [1.807, 2.05) is 0 Å². The van der Waals surface area contributed by atoms with Gasteiger partial charge in [0.15, 0.2) is 0 Å². The van der Waals surface area contributed by atoms with Crippen LogP contribution in [0.25, 0.3) is 10.9 Å². The standard InChI is InChI=1S/C21H14Cl2N4O5S/c22-13-1-4-16(5-2-13)33(31,32)27-20(29)17-6-3-14(23)11-18(17)26(21(27)30)12-19(28)25-15-7-9-24-10-8-15/h1-11H,12H2,(H,24,25,28). The molecule has 0 unspecified atom stereocenters. The van der Waals surface area contributed by atoms with E-state index in [4.69, 9.17) is 23.2 Å². The minimum Gasteiger partial charge on any atom is -0.324 e. The first kappa shape index (κ1) is 22.7. The lowest BCUT2D eigenvalue weighted by Crippen LogP contribution is -2.45. The van der Waals surface area contributed by atoms with E-state index in [1.54, 1.807) is 12.1 Å². The summed E-state index contributed by atoms with van der Waals surface area (Å²) in [6, 6.07) is 12.1. The van der Waals surface area contributed by atoms with Gasteiger partial charge in [-0.1, -0.05) is 23.2 Å². The van der Waals surface area contributed by atoms with Gasteiger partial charge in [0.05, 0.1) is 15.8 Å². The van der Waals surface area contributed by atoms with Gasteiger partial charge in [0.2, 0.25) is 5.91 Å². The van der Waals surface area contributed by atoms with Crippen molar-refractivity contribution in [2.24, 2.45) is 0 Å². The molecule has 0 radical (unpaired) electrons. The average molecular weight is 505 g/mol. The second-order valence-corrected chi connectivity index (χ2v) is 9.50. The number of hydrogen-bond donors (Lipinski definition) is 1. The summed E-state index contributed by atoms with van der Waals surface area (Å²) < 4.78 is 27.4. The Morgan fingerprint density at radius 2 is 1.58 bits per heavy atom. The number of anilines is 1. The van der Waals surface area contributed by atoms with Crippen LogP contribution in [0.5, 0.6) is 0 Å². The number of nitrogens with zero attached hydrogens (tertiary/aromatic N) is 3. The third-order valence-corrected chi connectivity index (χ3v) is 6.85. The monoisotopic (exact) mass is 504 g/mol. The van der Waals surface area contributed by atoms with Crippen molar-refractivity contribution in [3.63, 3.8) is 0 Å². The Labute approximate surface area is 196 Å². The molecule has 2 aromatic carbocycles. The van der Waals surface area contributed by atoms with E-state index < -0.39 is 33.7 Å². The summed E-state index contributed by atoms with van der Waals surface area (Å²) >= 11 is 11.9. The molecule has 4 rings (SSSR count). The normalized spacial score (nSPS) is 11.5. The Balaban J connectivity index is 1.92. The molecule has 2 heterocycles. The van der Waals surface area contributed by atoms with E-state index >= 15 is 0 Å². The molecule has 0 saturated heterocycles. The van der Waals surface area contributed by atoms with Crippen LogP contribution in [-0.4, -0.2) is 27.8 Å². The minimum atomic E-state index is -4.60. The van der Waals surface area contributed by atoms with Gasteiger partial charge in [0.1, 0.15) is 6.54 Å². The molecule has 0 saturated carbocycles. The Morgan fingerprint density at radius 3 is 2.24 bits per heavy atom. The van der Waals surface area contributed by atoms with E-state index in [2.05, 4.69) is 10.3 Å². The largest absolute Gasteiger partial charge is 0.346 e. The lowest BCUT2D eigenvalue weighted by molar-refractivity contribution is -0.116. The third kappa shape index (κ3) is 4.40. The first-order valence-electron chi connectivity index (χ1n) is 9.34. The molecule has 168 valence electrons. The highest BCUT2D eigenvalue weighted by Gasteiger charge is 2.26. The first-order valence-corrected chi connectivity index (χ1v) is 11.5. The summed E-state index contributed by atoms with van der Waals surface area (Å²) in [5.41, 5.74) is -1.83. The minimum absolute atomic E-state index is 0.0185. The number of hydrogen-bond acceptors (Lipinski definition) is 6. The highest BCUT2D eigenvalue weighted by molar-refractivity contribution is 7.90. The van der Waals surface area contributed by atoms with Crippen LogP contribution in [0.4, 0.5) is 5.69 Å². The van der Waals surface area contributed by atoms with E-state index in [-0.39, 0.29) is 29.8 Å². The zero-order chi connectivity index (χ0) is 23.8. The summed E-state index contributed by atoms with van der Waals surface area (Å²) in [5, 5.41) is 2.96. The number of halogens is 2. The number of nitrogens with one attached hydrogen (secondary N) is 1. The smallest absolute Gasteiger partial charge is 0.324 e. The van der Waals surface area contributed by atoms with Crippen molar-refractivity contribution in [1.29, 1.82) is 0 Å². The lowest BCUT2D eigenvalue weighted by atomic mass is 10.2. The first-order chi connectivity index (χ1) is 15.7. The number of fused-ring (bicyclic) bond motifs is 1. The van der Waals surface area contributed by atoms with Gasteiger partial charge in [-0.25, -0.2) is 13.2 Å². The van der Waals surface area contributed by atoms with Crippen LogP contribution in [0.2, 0.25) is 10.0 Å². The molecule has 1 amide bonds. The molecule has 2 aromatic heterocycles. The van der Waals surface area contributed by atoms with Crippen LogP contribution >= 0.6 is 23.2 Å². The average Bonchev–Trinajstić information content (AvgIpc) is 2.77.